The van der Waals surface area contributed by atoms with Crippen LogP contribution in [0.3, 0.4) is 0 Å². The summed E-state index contributed by atoms with van der Waals surface area (Å²) in [6, 6.07) is 0. The molecule has 0 aromatic carbocycles. The molecule has 3 nitrogen and oxygen atoms in total. The summed E-state index contributed by atoms with van der Waals surface area (Å²) in [4.78, 5) is 10.2. The largest absolute Gasteiger partial charge is 0.513 e. The van der Waals surface area contributed by atoms with E-state index in [4.69, 9.17) is 0 Å². The molecule has 0 aromatic rings. The van der Waals surface area contributed by atoms with Crippen LogP contribution in [0.5, 0.6) is 0 Å². The fourth-order valence-corrected chi connectivity index (χ4v) is 0.688. The highest BCUT2D eigenvalue weighted by Crippen LogP contribution is 2.12. The van der Waals surface area contributed by atoms with E-state index in [-0.39, 0.29) is 17.6 Å². The van der Waals surface area contributed by atoms with Gasteiger partial charge in [-0.2, -0.15) is 0 Å². The molecule has 0 bridgehead atoms. The van der Waals surface area contributed by atoms with Crippen molar-refractivity contribution in [2.75, 3.05) is 13.3 Å². The molecule has 0 saturated carbocycles. The van der Waals surface area contributed by atoms with Gasteiger partial charge in [-0.05, 0) is 13.3 Å². The third kappa shape index (κ3) is 4.29. The lowest BCUT2D eigenvalue weighted by atomic mass is 11.5. The predicted octanol–water partition coefficient (Wildman–Crippen LogP) is 1.59. The lowest BCUT2D eigenvalue weighted by molar-refractivity contribution is 0.165. The Balaban J connectivity index is 3.06. The third-order valence-corrected chi connectivity index (χ3v) is 1.11. The molecule has 2 atom stereocenters. The van der Waals surface area contributed by atoms with Crippen molar-refractivity contribution in [2.24, 2.45) is 0 Å². The Morgan fingerprint density at radius 3 is 1.88 bits per heavy atom. The lowest BCUT2D eigenvalue weighted by Crippen LogP contribution is -1.92. The third-order valence-electron chi connectivity index (χ3n) is 0.371. The second-order valence-electron chi connectivity index (χ2n) is 0.862. The van der Waals surface area contributed by atoms with Crippen molar-refractivity contribution < 1.29 is 13.8 Å². The summed E-state index contributed by atoms with van der Waals surface area (Å²) in [5.74, 6) is 0. The molecule has 0 fully saturated rings. The van der Waals surface area contributed by atoms with Crippen LogP contribution in [-0.4, -0.2) is 19.5 Å². The molecule has 0 N–H and O–H groups in total. The first-order chi connectivity index (χ1) is 3.81. The predicted molar refractivity (Wildman–Crippen MR) is 36.0 cm³/mol. The standard InChI is InChI=1S/C3H8O3P2/c1-7-5-3(4)6-8-2/h7-8H,1-2H3. The maximum Gasteiger partial charge on any atom is 0.513 e. The number of rotatable bonds is 2. The van der Waals surface area contributed by atoms with Gasteiger partial charge in [-0.25, -0.2) is 4.79 Å². The van der Waals surface area contributed by atoms with Gasteiger partial charge in [0, 0.05) is 0 Å². The van der Waals surface area contributed by atoms with Crippen molar-refractivity contribution >= 4 is 23.8 Å². The van der Waals surface area contributed by atoms with E-state index in [0.717, 1.165) is 0 Å². The minimum atomic E-state index is -0.563. The van der Waals surface area contributed by atoms with Crippen LogP contribution in [0.4, 0.5) is 4.79 Å². The first-order valence-corrected chi connectivity index (χ1v) is 4.84. The summed E-state index contributed by atoms with van der Waals surface area (Å²) >= 11 is 0. The van der Waals surface area contributed by atoms with Crippen molar-refractivity contribution in [1.82, 2.24) is 0 Å². The molecule has 0 rings (SSSR count). The summed E-state index contributed by atoms with van der Waals surface area (Å²) in [6.45, 7) is 3.53. The van der Waals surface area contributed by atoms with Crippen LogP contribution < -0.4 is 0 Å². The zero-order valence-electron chi connectivity index (χ0n) is 4.72. The smallest absolute Gasteiger partial charge is 0.417 e. The average molecular weight is 154 g/mol. The maximum absolute atomic E-state index is 10.2. The number of hydrogen-bond donors (Lipinski definition) is 0. The Morgan fingerprint density at radius 2 is 1.62 bits per heavy atom. The van der Waals surface area contributed by atoms with Crippen LogP contribution in [0.15, 0.2) is 0 Å². The normalized spacial score (nSPS) is 11.2. The molecule has 0 aliphatic carbocycles. The van der Waals surface area contributed by atoms with E-state index in [1.54, 1.807) is 13.3 Å². The molecule has 0 heterocycles. The molecule has 0 amide bonds. The second-order valence-corrected chi connectivity index (χ2v) is 2.09. The lowest BCUT2D eigenvalue weighted by Gasteiger charge is -1.97. The highest BCUT2D eigenvalue weighted by Gasteiger charge is 1.96. The van der Waals surface area contributed by atoms with Gasteiger partial charge < -0.3 is 9.05 Å². The first kappa shape index (κ1) is 8.13. The summed E-state index contributed by atoms with van der Waals surface area (Å²) in [6.07, 6.45) is -0.563. The molecule has 5 heteroatoms. The topological polar surface area (TPSA) is 35.5 Å². The van der Waals surface area contributed by atoms with E-state index in [0.29, 0.717) is 0 Å². The van der Waals surface area contributed by atoms with Gasteiger partial charge in [-0.15, -0.1) is 0 Å². The second kappa shape index (κ2) is 5.27. The Labute approximate surface area is 51.9 Å². The zero-order valence-corrected chi connectivity index (χ0v) is 6.72. The zero-order chi connectivity index (χ0) is 6.41. The Bertz CT molecular complexity index is 66.9. The summed E-state index contributed by atoms with van der Waals surface area (Å²) in [5, 5.41) is 0. The number of carbonyl (C=O) groups is 1. The molecule has 2 unspecified atom stereocenters. The van der Waals surface area contributed by atoms with Crippen LogP contribution in [0.2, 0.25) is 0 Å². The fraction of sp³-hybridized carbons (Fsp3) is 0.667. The molecule has 0 aromatic heterocycles. The van der Waals surface area contributed by atoms with Gasteiger partial charge in [0.2, 0.25) is 0 Å². The van der Waals surface area contributed by atoms with Crippen LogP contribution in [0, 0.1) is 0 Å². The Hall–Kier alpha value is 0.130. The SMILES string of the molecule is CPOC(=O)OPC. The van der Waals surface area contributed by atoms with Crippen LogP contribution in [0.1, 0.15) is 0 Å². The van der Waals surface area contributed by atoms with E-state index >= 15 is 0 Å². The highest BCUT2D eigenvalue weighted by molar-refractivity contribution is 7.33. The Morgan fingerprint density at radius 1 is 1.25 bits per heavy atom. The minimum absolute atomic E-state index is 0.178. The molecule has 0 radical (unpaired) electrons. The van der Waals surface area contributed by atoms with Gasteiger partial charge in [0.25, 0.3) is 0 Å². The van der Waals surface area contributed by atoms with Gasteiger partial charge in [-0.3, -0.25) is 0 Å². The van der Waals surface area contributed by atoms with Gasteiger partial charge in [0.05, 0.1) is 17.6 Å². The van der Waals surface area contributed by atoms with Gasteiger partial charge >= 0.3 is 6.16 Å². The van der Waals surface area contributed by atoms with Crippen LogP contribution in [-0.2, 0) is 9.05 Å². The molecule has 8 heavy (non-hydrogen) atoms. The van der Waals surface area contributed by atoms with Gasteiger partial charge in [0.1, 0.15) is 0 Å². The summed E-state index contributed by atoms with van der Waals surface area (Å²) < 4.78 is 8.91. The van der Waals surface area contributed by atoms with Crippen molar-refractivity contribution in [1.29, 1.82) is 0 Å². The van der Waals surface area contributed by atoms with Gasteiger partial charge in [-0.1, -0.05) is 0 Å². The van der Waals surface area contributed by atoms with Crippen molar-refractivity contribution in [2.45, 2.75) is 0 Å². The van der Waals surface area contributed by atoms with Crippen molar-refractivity contribution in [3.63, 3.8) is 0 Å². The van der Waals surface area contributed by atoms with E-state index in [1.165, 1.54) is 0 Å². The molecule has 0 spiro atoms. The molecule has 0 aliphatic heterocycles. The van der Waals surface area contributed by atoms with E-state index < -0.39 is 6.16 Å². The summed E-state index contributed by atoms with van der Waals surface area (Å²) in [5.41, 5.74) is 0. The van der Waals surface area contributed by atoms with Crippen LogP contribution in [0.25, 0.3) is 0 Å². The van der Waals surface area contributed by atoms with E-state index in [2.05, 4.69) is 9.05 Å². The van der Waals surface area contributed by atoms with Gasteiger partial charge in [0.15, 0.2) is 0 Å². The van der Waals surface area contributed by atoms with E-state index in [1.807, 2.05) is 0 Å². The van der Waals surface area contributed by atoms with Crippen molar-refractivity contribution in [3.05, 3.63) is 0 Å². The quantitative estimate of drug-likeness (QED) is 0.566. The van der Waals surface area contributed by atoms with Crippen molar-refractivity contribution in [3.8, 4) is 0 Å². The molecule has 48 valence electrons. The molecule has 0 saturated heterocycles. The number of carbonyl (C=O) groups excluding carboxylic acids is 1. The fourth-order valence-electron chi connectivity index (χ4n) is 0.188. The molecule has 0 aliphatic rings. The monoisotopic (exact) mass is 154 g/mol. The van der Waals surface area contributed by atoms with E-state index in [9.17, 15) is 4.79 Å². The number of hydrogen-bond acceptors (Lipinski definition) is 3. The van der Waals surface area contributed by atoms with Crippen LogP contribution >= 0.6 is 17.6 Å². The molecular weight excluding hydrogens is 146 g/mol. The maximum atomic E-state index is 10.2. The Kier molecular flexibility index (Phi) is 5.36. The molecular formula is C3H8O3P2. The minimum Gasteiger partial charge on any atom is -0.417 e. The highest BCUT2D eigenvalue weighted by atomic mass is 31.1. The first-order valence-electron chi connectivity index (χ1n) is 2.02. The average Bonchev–Trinajstić information content (AvgIpc) is 1.68. The summed E-state index contributed by atoms with van der Waals surface area (Å²) in [7, 11) is 0.356.